The van der Waals surface area contributed by atoms with Gasteiger partial charge in [-0.3, -0.25) is 0 Å². The molecule has 6 heteroatoms. The molecule has 3 unspecified atom stereocenters. The maximum absolute atomic E-state index is 12.7. The minimum Gasteiger partial charge on any atom is -0.475 e. The van der Waals surface area contributed by atoms with Gasteiger partial charge in [0.2, 0.25) is 5.88 Å². The second-order valence-corrected chi connectivity index (χ2v) is 6.76. The molecular weight excluding hydrogens is 306 g/mol. The van der Waals surface area contributed by atoms with Crippen LogP contribution in [-0.4, -0.2) is 48.3 Å². The van der Waals surface area contributed by atoms with Crippen molar-refractivity contribution in [3.63, 3.8) is 0 Å². The van der Waals surface area contributed by atoms with Crippen molar-refractivity contribution in [1.82, 2.24) is 9.88 Å². The van der Waals surface area contributed by atoms with Crippen molar-refractivity contribution in [3.05, 3.63) is 18.3 Å². The molecule has 132 valence electrons. The number of methoxy groups -OCH3 is 1. The van der Waals surface area contributed by atoms with Crippen molar-refractivity contribution in [2.45, 2.75) is 51.1 Å². The average molecular weight is 333 g/mol. The van der Waals surface area contributed by atoms with Gasteiger partial charge in [-0.1, -0.05) is 12.8 Å². The lowest BCUT2D eigenvalue weighted by molar-refractivity contribution is 0.144. The Morgan fingerprint density at radius 3 is 2.92 bits per heavy atom. The summed E-state index contributed by atoms with van der Waals surface area (Å²) in [5.41, 5.74) is 0.700. The van der Waals surface area contributed by atoms with Crippen LogP contribution in [0.3, 0.4) is 0 Å². The van der Waals surface area contributed by atoms with E-state index in [1.165, 1.54) is 19.3 Å². The van der Waals surface area contributed by atoms with Crippen LogP contribution in [0.1, 0.15) is 39.0 Å². The number of anilines is 1. The highest BCUT2D eigenvalue weighted by atomic mass is 16.5. The first kappa shape index (κ1) is 17.0. The third kappa shape index (κ3) is 3.80. The van der Waals surface area contributed by atoms with Crippen LogP contribution in [0.15, 0.2) is 18.3 Å². The fourth-order valence-corrected chi connectivity index (χ4v) is 4.02. The minimum atomic E-state index is -0.00764. The fraction of sp³-hybridized carbons (Fsp3) is 0.667. The predicted molar refractivity (Wildman–Crippen MR) is 92.3 cm³/mol. The molecule has 0 bridgehead atoms. The van der Waals surface area contributed by atoms with Gasteiger partial charge in [0.05, 0.1) is 18.5 Å². The zero-order valence-electron chi connectivity index (χ0n) is 14.5. The van der Waals surface area contributed by atoms with E-state index in [0.717, 1.165) is 12.8 Å². The predicted octanol–water partition coefficient (Wildman–Crippen LogP) is 3.29. The number of fused-ring (bicyclic) bond motifs is 1. The summed E-state index contributed by atoms with van der Waals surface area (Å²) in [6.45, 7) is 3.14. The number of aromatic nitrogens is 1. The third-order valence-corrected chi connectivity index (χ3v) is 5.10. The lowest BCUT2D eigenvalue weighted by Crippen LogP contribution is -2.44. The number of nitrogens with one attached hydrogen (secondary N) is 1. The van der Waals surface area contributed by atoms with E-state index in [4.69, 9.17) is 9.47 Å². The molecule has 1 aromatic rings. The molecule has 1 aliphatic heterocycles. The topological polar surface area (TPSA) is 63.7 Å². The number of nitrogens with zero attached hydrogens (tertiary/aromatic N) is 2. The molecule has 3 rings (SSSR count). The summed E-state index contributed by atoms with van der Waals surface area (Å²) in [5.74, 6) is 1.21. The van der Waals surface area contributed by atoms with Crippen LogP contribution in [-0.2, 0) is 4.74 Å². The highest BCUT2D eigenvalue weighted by Crippen LogP contribution is 2.39. The van der Waals surface area contributed by atoms with Crippen LogP contribution in [0.4, 0.5) is 10.5 Å². The summed E-state index contributed by atoms with van der Waals surface area (Å²) in [6, 6.07) is 4.29. The summed E-state index contributed by atoms with van der Waals surface area (Å²) in [4.78, 5) is 19.0. The molecule has 1 saturated heterocycles. The van der Waals surface area contributed by atoms with Crippen LogP contribution in [0.25, 0.3) is 0 Å². The molecule has 2 aliphatic rings. The maximum atomic E-state index is 12.7. The summed E-state index contributed by atoms with van der Waals surface area (Å²) >= 11 is 0. The van der Waals surface area contributed by atoms with Crippen LogP contribution in [0.5, 0.6) is 5.88 Å². The monoisotopic (exact) mass is 333 g/mol. The third-order valence-electron chi connectivity index (χ3n) is 5.10. The van der Waals surface area contributed by atoms with Crippen LogP contribution in [0.2, 0.25) is 0 Å². The first-order chi connectivity index (χ1) is 11.7. The maximum Gasteiger partial charge on any atom is 0.322 e. The first-order valence-electron chi connectivity index (χ1n) is 8.86. The van der Waals surface area contributed by atoms with Gasteiger partial charge in [-0.2, -0.15) is 0 Å². The number of hydrogen-bond acceptors (Lipinski definition) is 4. The van der Waals surface area contributed by atoms with E-state index in [-0.39, 0.29) is 6.03 Å². The standard InChI is InChI=1S/C18H27N3O3/c1-13-11-14-5-3-4-6-16(14)21(13)18(22)20-15-7-8-17(19-12-15)24-10-9-23-2/h7-8,12-14,16H,3-6,9-11H2,1-2H3,(H,20,22). The first-order valence-corrected chi connectivity index (χ1v) is 8.86. The molecular formula is C18H27N3O3. The number of carbonyl (C=O) groups is 1. The Balaban J connectivity index is 1.58. The van der Waals surface area contributed by atoms with Crippen LogP contribution >= 0.6 is 0 Å². The molecule has 1 saturated carbocycles. The Labute approximate surface area is 143 Å². The van der Waals surface area contributed by atoms with Gasteiger partial charge in [0.25, 0.3) is 0 Å². The van der Waals surface area contributed by atoms with Gasteiger partial charge < -0.3 is 19.7 Å². The summed E-state index contributed by atoms with van der Waals surface area (Å²) < 4.78 is 10.4. The number of rotatable bonds is 5. The van der Waals surface area contributed by atoms with E-state index in [2.05, 4.69) is 17.2 Å². The number of ether oxygens (including phenoxy) is 2. The van der Waals surface area contributed by atoms with Crippen molar-refractivity contribution in [2.24, 2.45) is 5.92 Å². The quantitative estimate of drug-likeness (QED) is 0.840. The van der Waals surface area contributed by atoms with E-state index >= 15 is 0 Å². The summed E-state index contributed by atoms with van der Waals surface area (Å²) in [5, 5.41) is 2.99. The van der Waals surface area contributed by atoms with Gasteiger partial charge in [-0.05, 0) is 38.2 Å². The number of hydrogen-bond donors (Lipinski definition) is 1. The molecule has 0 aromatic carbocycles. The summed E-state index contributed by atoms with van der Waals surface area (Å²) in [7, 11) is 1.63. The van der Waals surface area contributed by atoms with Crippen molar-refractivity contribution < 1.29 is 14.3 Å². The van der Waals surface area contributed by atoms with Gasteiger partial charge in [-0.15, -0.1) is 0 Å². The van der Waals surface area contributed by atoms with Gasteiger partial charge in [-0.25, -0.2) is 9.78 Å². The lowest BCUT2D eigenvalue weighted by Gasteiger charge is -2.33. The average Bonchev–Trinajstić information content (AvgIpc) is 2.92. The normalized spacial score (nSPS) is 26.1. The van der Waals surface area contributed by atoms with Crippen LogP contribution in [0, 0.1) is 5.92 Å². The Kier molecular flexibility index (Phi) is 5.56. The van der Waals surface area contributed by atoms with Crippen molar-refractivity contribution in [2.75, 3.05) is 25.6 Å². The lowest BCUT2D eigenvalue weighted by atomic mass is 9.85. The van der Waals surface area contributed by atoms with Gasteiger partial charge in [0, 0.05) is 25.3 Å². The molecule has 1 aromatic heterocycles. The fourth-order valence-electron chi connectivity index (χ4n) is 4.02. The molecule has 1 N–H and O–H groups in total. The number of likely N-dealkylation sites (tertiary alicyclic amines) is 1. The molecule has 0 spiro atoms. The largest absolute Gasteiger partial charge is 0.475 e. The molecule has 0 radical (unpaired) electrons. The smallest absolute Gasteiger partial charge is 0.322 e. The zero-order valence-corrected chi connectivity index (χ0v) is 14.5. The second kappa shape index (κ2) is 7.83. The molecule has 2 amide bonds. The Morgan fingerprint density at radius 2 is 2.17 bits per heavy atom. The van der Waals surface area contributed by atoms with E-state index < -0.39 is 0 Å². The minimum absolute atomic E-state index is 0.00764. The summed E-state index contributed by atoms with van der Waals surface area (Å²) in [6.07, 6.45) is 7.69. The SMILES string of the molecule is COCCOc1ccc(NC(=O)N2C(C)CC3CCCCC32)cn1. The van der Waals surface area contributed by atoms with Crippen LogP contribution < -0.4 is 10.1 Å². The zero-order chi connectivity index (χ0) is 16.9. The Hall–Kier alpha value is -1.82. The second-order valence-electron chi connectivity index (χ2n) is 6.76. The number of amides is 2. The van der Waals surface area contributed by atoms with E-state index in [1.807, 2.05) is 11.0 Å². The van der Waals surface area contributed by atoms with Gasteiger partial charge in [0.15, 0.2) is 0 Å². The van der Waals surface area contributed by atoms with Gasteiger partial charge in [0.1, 0.15) is 6.61 Å². The molecule has 6 nitrogen and oxygen atoms in total. The number of carbonyl (C=O) groups excluding carboxylic acids is 1. The molecule has 2 heterocycles. The highest BCUT2D eigenvalue weighted by Gasteiger charge is 2.42. The molecule has 24 heavy (non-hydrogen) atoms. The number of urea groups is 1. The van der Waals surface area contributed by atoms with E-state index in [9.17, 15) is 4.79 Å². The van der Waals surface area contributed by atoms with E-state index in [1.54, 1.807) is 19.4 Å². The van der Waals surface area contributed by atoms with Gasteiger partial charge >= 0.3 is 6.03 Å². The van der Waals surface area contributed by atoms with E-state index in [0.29, 0.717) is 42.8 Å². The molecule has 1 aliphatic carbocycles. The number of pyridine rings is 1. The molecule has 3 atom stereocenters. The highest BCUT2D eigenvalue weighted by molar-refractivity contribution is 5.89. The van der Waals surface area contributed by atoms with Crippen molar-refractivity contribution in [3.8, 4) is 5.88 Å². The Bertz CT molecular complexity index is 549. The Morgan fingerprint density at radius 1 is 1.33 bits per heavy atom. The molecule has 2 fully saturated rings. The van der Waals surface area contributed by atoms with Crippen molar-refractivity contribution >= 4 is 11.7 Å². The van der Waals surface area contributed by atoms with Crippen molar-refractivity contribution in [1.29, 1.82) is 0 Å².